The zero-order valence-electron chi connectivity index (χ0n) is 17.4. The number of amides is 4. The van der Waals surface area contributed by atoms with Crippen LogP contribution in [0.15, 0.2) is 18.2 Å². The molecule has 0 aromatic heterocycles. The molecule has 0 bridgehead atoms. The van der Waals surface area contributed by atoms with Crippen molar-refractivity contribution in [2.45, 2.75) is 44.7 Å². The maximum absolute atomic E-state index is 13.3. The van der Waals surface area contributed by atoms with Crippen molar-refractivity contribution in [3.8, 4) is 0 Å². The van der Waals surface area contributed by atoms with E-state index in [1.54, 1.807) is 6.07 Å². The molecule has 1 aromatic rings. The van der Waals surface area contributed by atoms with Gasteiger partial charge in [0.05, 0.1) is 11.1 Å². The summed E-state index contributed by atoms with van der Waals surface area (Å²) < 4.78 is 0. The van der Waals surface area contributed by atoms with Gasteiger partial charge in [-0.3, -0.25) is 34.3 Å². The highest BCUT2D eigenvalue weighted by Gasteiger charge is 2.62. The van der Waals surface area contributed by atoms with Gasteiger partial charge in [0.25, 0.3) is 11.8 Å². The Morgan fingerprint density at radius 3 is 2.45 bits per heavy atom. The third-order valence-electron chi connectivity index (χ3n) is 8.36. The maximum Gasteiger partial charge on any atom is 0.262 e. The third-order valence-corrected chi connectivity index (χ3v) is 8.36. The third kappa shape index (κ3) is 2.55. The molecule has 2 N–H and O–H groups in total. The first-order chi connectivity index (χ1) is 14.9. The lowest BCUT2D eigenvalue weighted by Gasteiger charge is -2.30. The number of hydrogen-bond donors (Lipinski definition) is 2. The standard InChI is InChI=1S/C23H26N4O4/c28-17-6-5-16(19(29)25-17)27-20(30)15-4-1-3-14(18(15)21(27)31)9-26-12-22-7-2-8-23(22,13-26)11-24-10-22/h1,3-4,16,24H,2,5-13H2,(H,25,28,29). The fraction of sp³-hybridized carbons (Fsp3) is 0.565. The lowest BCUT2D eigenvalue weighted by molar-refractivity contribution is -0.136. The van der Waals surface area contributed by atoms with Crippen molar-refractivity contribution in [2.24, 2.45) is 10.8 Å². The molecule has 3 unspecified atom stereocenters. The summed E-state index contributed by atoms with van der Waals surface area (Å²) >= 11 is 0. The summed E-state index contributed by atoms with van der Waals surface area (Å²) in [5.74, 6) is -1.79. The molecular weight excluding hydrogens is 396 g/mol. The van der Waals surface area contributed by atoms with Gasteiger partial charge in [0.1, 0.15) is 6.04 Å². The molecule has 31 heavy (non-hydrogen) atoms. The van der Waals surface area contributed by atoms with E-state index in [0.717, 1.165) is 36.6 Å². The number of fused-ring (bicyclic) bond motifs is 1. The van der Waals surface area contributed by atoms with E-state index in [1.165, 1.54) is 19.3 Å². The van der Waals surface area contributed by atoms with Crippen molar-refractivity contribution in [1.29, 1.82) is 0 Å². The molecule has 4 amide bonds. The molecule has 4 aliphatic heterocycles. The van der Waals surface area contributed by atoms with Crippen LogP contribution in [0.4, 0.5) is 0 Å². The Morgan fingerprint density at radius 2 is 1.74 bits per heavy atom. The summed E-state index contributed by atoms with van der Waals surface area (Å²) in [4.78, 5) is 53.7. The second-order valence-electron chi connectivity index (χ2n) is 9.95. The van der Waals surface area contributed by atoms with Crippen LogP contribution in [0.25, 0.3) is 0 Å². The minimum Gasteiger partial charge on any atom is -0.315 e. The molecule has 162 valence electrons. The number of benzene rings is 1. The lowest BCUT2D eigenvalue weighted by atomic mass is 9.71. The highest BCUT2D eigenvalue weighted by Crippen LogP contribution is 2.59. The van der Waals surface area contributed by atoms with E-state index in [-0.39, 0.29) is 18.7 Å². The zero-order valence-corrected chi connectivity index (χ0v) is 17.4. The van der Waals surface area contributed by atoms with Crippen LogP contribution in [0.2, 0.25) is 0 Å². The van der Waals surface area contributed by atoms with Gasteiger partial charge in [-0.05, 0) is 30.9 Å². The highest BCUT2D eigenvalue weighted by atomic mass is 16.2. The summed E-state index contributed by atoms with van der Waals surface area (Å²) in [5, 5.41) is 5.86. The lowest BCUT2D eigenvalue weighted by Crippen LogP contribution is -2.54. The van der Waals surface area contributed by atoms with Crippen molar-refractivity contribution < 1.29 is 19.2 Å². The van der Waals surface area contributed by atoms with E-state index in [9.17, 15) is 19.2 Å². The first-order valence-corrected chi connectivity index (χ1v) is 11.2. The molecule has 0 spiro atoms. The van der Waals surface area contributed by atoms with Gasteiger partial charge in [-0.2, -0.15) is 0 Å². The first kappa shape index (κ1) is 19.1. The van der Waals surface area contributed by atoms with Crippen LogP contribution in [0.3, 0.4) is 0 Å². The van der Waals surface area contributed by atoms with Crippen molar-refractivity contribution >= 4 is 23.6 Å². The van der Waals surface area contributed by atoms with E-state index in [0.29, 0.717) is 28.5 Å². The smallest absolute Gasteiger partial charge is 0.262 e. The molecule has 6 rings (SSSR count). The van der Waals surface area contributed by atoms with Gasteiger partial charge in [0, 0.05) is 50.0 Å². The molecular formula is C23H26N4O4. The SMILES string of the molecule is O=C1CCC(N2C(=O)c3cccc(CN4CC56CCCC5(CNC6)C4)c3C2=O)C(=O)N1. The first-order valence-electron chi connectivity index (χ1n) is 11.2. The van der Waals surface area contributed by atoms with E-state index < -0.39 is 23.8 Å². The molecule has 5 aliphatic rings. The van der Waals surface area contributed by atoms with Gasteiger partial charge < -0.3 is 5.32 Å². The summed E-state index contributed by atoms with van der Waals surface area (Å²) in [5.41, 5.74) is 2.31. The van der Waals surface area contributed by atoms with Gasteiger partial charge in [-0.1, -0.05) is 18.6 Å². The molecule has 8 heteroatoms. The van der Waals surface area contributed by atoms with Crippen LogP contribution >= 0.6 is 0 Å². The van der Waals surface area contributed by atoms with Crippen molar-refractivity contribution in [1.82, 2.24) is 20.4 Å². The molecule has 1 saturated carbocycles. The molecule has 4 fully saturated rings. The Bertz CT molecular complexity index is 1000. The van der Waals surface area contributed by atoms with Gasteiger partial charge >= 0.3 is 0 Å². The van der Waals surface area contributed by atoms with Gasteiger partial charge in [-0.25, -0.2) is 0 Å². The van der Waals surface area contributed by atoms with Crippen molar-refractivity contribution in [2.75, 3.05) is 26.2 Å². The second-order valence-corrected chi connectivity index (χ2v) is 9.95. The van der Waals surface area contributed by atoms with Crippen molar-refractivity contribution in [3.05, 3.63) is 34.9 Å². The minimum absolute atomic E-state index is 0.128. The number of nitrogens with one attached hydrogen (secondary N) is 2. The summed E-state index contributed by atoms with van der Waals surface area (Å²) in [7, 11) is 0. The second kappa shape index (κ2) is 6.46. The monoisotopic (exact) mass is 422 g/mol. The van der Waals surface area contributed by atoms with E-state index >= 15 is 0 Å². The Balaban J connectivity index is 1.28. The summed E-state index contributed by atoms with van der Waals surface area (Å²) in [6.45, 7) is 4.80. The molecule has 4 heterocycles. The van der Waals surface area contributed by atoms with Crippen molar-refractivity contribution in [3.63, 3.8) is 0 Å². The Labute approximate surface area is 180 Å². The van der Waals surface area contributed by atoms with Crippen LogP contribution in [0, 0.1) is 10.8 Å². The molecule has 3 saturated heterocycles. The molecule has 0 radical (unpaired) electrons. The number of imide groups is 2. The number of likely N-dealkylation sites (tertiary alicyclic amines) is 1. The predicted molar refractivity (Wildman–Crippen MR) is 110 cm³/mol. The van der Waals surface area contributed by atoms with Crippen LogP contribution in [-0.4, -0.2) is 65.6 Å². The minimum atomic E-state index is -0.924. The number of hydrogen-bond acceptors (Lipinski definition) is 6. The molecule has 3 atom stereocenters. The molecule has 8 nitrogen and oxygen atoms in total. The van der Waals surface area contributed by atoms with Gasteiger partial charge in [0.15, 0.2) is 0 Å². The van der Waals surface area contributed by atoms with E-state index in [1.807, 2.05) is 12.1 Å². The van der Waals surface area contributed by atoms with Crippen LogP contribution < -0.4 is 10.6 Å². The zero-order chi connectivity index (χ0) is 21.4. The largest absolute Gasteiger partial charge is 0.315 e. The highest BCUT2D eigenvalue weighted by molar-refractivity contribution is 6.24. The predicted octanol–water partition coefficient (Wildman–Crippen LogP) is 0.663. The number of piperidine rings is 1. The normalized spacial score (nSPS) is 34.8. The number of nitrogens with zero attached hydrogens (tertiary/aromatic N) is 2. The van der Waals surface area contributed by atoms with E-state index in [2.05, 4.69) is 15.5 Å². The Hall–Kier alpha value is -2.58. The topological polar surface area (TPSA) is 98.8 Å². The fourth-order valence-corrected chi connectivity index (χ4v) is 6.97. The number of carbonyl (C=O) groups is 4. The van der Waals surface area contributed by atoms with Gasteiger partial charge in [-0.15, -0.1) is 0 Å². The summed E-state index contributed by atoms with van der Waals surface area (Å²) in [6.07, 6.45) is 4.11. The van der Waals surface area contributed by atoms with Crippen LogP contribution in [0.5, 0.6) is 0 Å². The quantitative estimate of drug-likeness (QED) is 0.695. The fourth-order valence-electron chi connectivity index (χ4n) is 6.97. The van der Waals surface area contributed by atoms with Gasteiger partial charge in [0.2, 0.25) is 11.8 Å². The number of rotatable bonds is 3. The molecule has 1 aliphatic carbocycles. The Morgan fingerprint density at radius 1 is 1.00 bits per heavy atom. The van der Waals surface area contributed by atoms with Crippen LogP contribution in [-0.2, 0) is 16.1 Å². The average Bonchev–Trinajstić information content (AvgIpc) is 3.37. The maximum atomic E-state index is 13.3. The van der Waals surface area contributed by atoms with Crippen LogP contribution in [0.1, 0.15) is 58.4 Å². The average molecular weight is 422 g/mol. The number of carbonyl (C=O) groups excluding carboxylic acids is 4. The Kier molecular flexibility index (Phi) is 3.99. The van der Waals surface area contributed by atoms with E-state index in [4.69, 9.17) is 0 Å². The summed E-state index contributed by atoms with van der Waals surface area (Å²) in [6, 6.07) is 4.49. The molecule has 1 aromatic carbocycles.